The predicted molar refractivity (Wildman–Crippen MR) is 76.3 cm³/mol. The van der Waals surface area contributed by atoms with Crippen molar-refractivity contribution >= 4 is 12.6 Å². The molecule has 16 heavy (non-hydrogen) atoms. The van der Waals surface area contributed by atoms with Crippen molar-refractivity contribution in [2.75, 3.05) is 25.4 Å². The lowest BCUT2D eigenvalue weighted by atomic mass is 9.89. The quantitative estimate of drug-likeness (QED) is 0.737. The summed E-state index contributed by atoms with van der Waals surface area (Å²) < 4.78 is 0. The molecule has 1 atom stereocenters. The Morgan fingerprint density at radius 1 is 1.25 bits per heavy atom. The first kappa shape index (κ1) is 14.4. The van der Waals surface area contributed by atoms with Crippen molar-refractivity contribution in [3.63, 3.8) is 0 Å². The summed E-state index contributed by atoms with van der Waals surface area (Å²) in [5.41, 5.74) is 0.362. The molecule has 0 aliphatic carbocycles. The van der Waals surface area contributed by atoms with E-state index in [1.807, 2.05) is 0 Å². The molecule has 2 heteroatoms. The fraction of sp³-hybridized carbons (Fsp3) is 1.00. The van der Waals surface area contributed by atoms with Crippen LogP contribution < -0.4 is 0 Å². The van der Waals surface area contributed by atoms with E-state index in [0.717, 1.165) is 17.6 Å². The molecule has 0 aromatic rings. The maximum absolute atomic E-state index is 4.45. The van der Waals surface area contributed by atoms with Crippen LogP contribution in [0.25, 0.3) is 0 Å². The monoisotopic (exact) mass is 243 g/mol. The molecule has 1 heterocycles. The van der Waals surface area contributed by atoms with Gasteiger partial charge in [0.15, 0.2) is 0 Å². The zero-order valence-corrected chi connectivity index (χ0v) is 12.4. The Balaban J connectivity index is 2.41. The summed E-state index contributed by atoms with van der Waals surface area (Å²) in [7, 11) is 0. The molecule has 1 saturated heterocycles. The number of likely N-dealkylation sites (tertiary alicyclic amines) is 1. The van der Waals surface area contributed by atoms with E-state index in [2.05, 4.69) is 45.2 Å². The van der Waals surface area contributed by atoms with Gasteiger partial charge in [0.25, 0.3) is 0 Å². The zero-order chi connectivity index (χ0) is 12.2. The van der Waals surface area contributed by atoms with Crippen molar-refractivity contribution in [2.45, 2.75) is 47.0 Å². The maximum Gasteiger partial charge on any atom is 0.00405 e. The molecular weight excluding hydrogens is 214 g/mol. The van der Waals surface area contributed by atoms with E-state index in [1.54, 1.807) is 0 Å². The summed E-state index contributed by atoms with van der Waals surface area (Å²) >= 11 is 4.45. The molecule has 96 valence electrons. The Labute approximate surface area is 107 Å². The zero-order valence-electron chi connectivity index (χ0n) is 11.5. The van der Waals surface area contributed by atoms with Gasteiger partial charge in [-0.3, -0.25) is 0 Å². The van der Waals surface area contributed by atoms with Gasteiger partial charge in [0.1, 0.15) is 0 Å². The molecular formula is C14H29NS. The highest BCUT2D eigenvalue weighted by atomic mass is 32.1. The highest BCUT2D eigenvalue weighted by Crippen LogP contribution is 2.26. The molecule has 0 saturated carbocycles. The van der Waals surface area contributed by atoms with Crippen molar-refractivity contribution in [3.05, 3.63) is 0 Å². The van der Waals surface area contributed by atoms with Crippen molar-refractivity contribution in [1.29, 1.82) is 0 Å². The third-order valence-corrected chi connectivity index (χ3v) is 4.74. The second kappa shape index (κ2) is 6.30. The van der Waals surface area contributed by atoms with Gasteiger partial charge in [0, 0.05) is 6.54 Å². The normalized spacial score (nSPS) is 24.8. The molecule has 0 radical (unpaired) electrons. The van der Waals surface area contributed by atoms with Crippen LogP contribution in [0.1, 0.15) is 47.0 Å². The van der Waals surface area contributed by atoms with Crippen molar-refractivity contribution in [2.24, 2.45) is 17.3 Å². The average molecular weight is 243 g/mol. The molecule has 1 unspecified atom stereocenters. The van der Waals surface area contributed by atoms with Gasteiger partial charge in [-0.25, -0.2) is 0 Å². The Hall–Kier alpha value is 0.310. The molecule has 0 aromatic carbocycles. The largest absolute Gasteiger partial charge is 0.303 e. The lowest BCUT2D eigenvalue weighted by Crippen LogP contribution is -2.36. The van der Waals surface area contributed by atoms with Crippen LogP contribution in [0, 0.1) is 17.3 Å². The van der Waals surface area contributed by atoms with Crippen LogP contribution in [0.4, 0.5) is 0 Å². The minimum absolute atomic E-state index is 0.362. The topological polar surface area (TPSA) is 3.24 Å². The van der Waals surface area contributed by atoms with E-state index in [-0.39, 0.29) is 0 Å². The molecule has 1 aliphatic rings. The van der Waals surface area contributed by atoms with E-state index >= 15 is 0 Å². The Morgan fingerprint density at radius 3 is 2.50 bits per heavy atom. The number of hydrogen-bond acceptors (Lipinski definition) is 2. The first-order valence-electron chi connectivity index (χ1n) is 6.78. The molecule has 1 nitrogen and oxygen atoms in total. The molecule has 0 amide bonds. The van der Waals surface area contributed by atoms with E-state index in [9.17, 15) is 0 Å². The highest BCUT2D eigenvalue weighted by Gasteiger charge is 2.24. The summed E-state index contributed by atoms with van der Waals surface area (Å²) in [5, 5.41) is 0. The first-order chi connectivity index (χ1) is 7.44. The fourth-order valence-corrected chi connectivity index (χ4v) is 2.76. The molecule has 1 aliphatic heterocycles. The number of thiol groups is 1. The molecule has 0 aromatic heterocycles. The van der Waals surface area contributed by atoms with Crippen molar-refractivity contribution < 1.29 is 0 Å². The Kier molecular flexibility index (Phi) is 5.66. The SMILES string of the molecule is CC(C)C1CCCN(CC(C)(C)CS)CC1. The Morgan fingerprint density at radius 2 is 1.94 bits per heavy atom. The number of nitrogens with zero attached hydrogens (tertiary/aromatic N) is 1. The third kappa shape index (κ3) is 4.67. The third-order valence-electron chi connectivity index (χ3n) is 3.89. The smallest absolute Gasteiger partial charge is 0.00405 e. The molecule has 0 spiro atoms. The summed E-state index contributed by atoms with van der Waals surface area (Å²) in [6.45, 7) is 13.2. The van der Waals surface area contributed by atoms with Gasteiger partial charge in [-0.15, -0.1) is 0 Å². The minimum Gasteiger partial charge on any atom is -0.303 e. The first-order valence-corrected chi connectivity index (χ1v) is 7.41. The second-order valence-corrected chi connectivity index (χ2v) is 6.85. The maximum atomic E-state index is 4.45. The fourth-order valence-electron chi connectivity index (χ4n) is 2.66. The predicted octanol–water partition coefficient (Wildman–Crippen LogP) is 3.70. The van der Waals surface area contributed by atoms with Crippen LogP contribution in [0.15, 0.2) is 0 Å². The average Bonchev–Trinajstić information content (AvgIpc) is 2.43. The van der Waals surface area contributed by atoms with Gasteiger partial charge >= 0.3 is 0 Å². The standard InChI is InChI=1S/C14H29NS/c1-12(2)13-6-5-8-15(9-7-13)10-14(3,4)11-16/h12-13,16H,5-11H2,1-4H3. The lowest BCUT2D eigenvalue weighted by molar-refractivity contribution is 0.196. The number of rotatable bonds is 4. The highest BCUT2D eigenvalue weighted by molar-refractivity contribution is 7.80. The van der Waals surface area contributed by atoms with Gasteiger partial charge in [-0.1, -0.05) is 27.7 Å². The van der Waals surface area contributed by atoms with E-state index in [0.29, 0.717) is 5.41 Å². The van der Waals surface area contributed by atoms with Crippen LogP contribution in [0.2, 0.25) is 0 Å². The van der Waals surface area contributed by atoms with Crippen LogP contribution >= 0.6 is 12.6 Å². The van der Waals surface area contributed by atoms with Crippen molar-refractivity contribution in [3.8, 4) is 0 Å². The summed E-state index contributed by atoms with van der Waals surface area (Å²) in [5.74, 6) is 2.79. The molecule has 0 bridgehead atoms. The van der Waals surface area contributed by atoms with Gasteiger partial charge in [0.05, 0.1) is 0 Å². The summed E-state index contributed by atoms with van der Waals surface area (Å²) in [4.78, 5) is 2.65. The van der Waals surface area contributed by atoms with E-state index in [1.165, 1.54) is 38.9 Å². The number of hydrogen-bond donors (Lipinski definition) is 1. The Bertz CT molecular complexity index is 201. The van der Waals surface area contributed by atoms with E-state index < -0.39 is 0 Å². The van der Waals surface area contributed by atoms with Crippen molar-refractivity contribution in [1.82, 2.24) is 4.90 Å². The van der Waals surface area contributed by atoms with E-state index in [4.69, 9.17) is 0 Å². The van der Waals surface area contributed by atoms with Crippen LogP contribution in [0.5, 0.6) is 0 Å². The summed E-state index contributed by atoms with van der Waals surface area (Å²) in [6, 6.07) is 0. The van der Waals surface area contributed by atoms with Crippen LogP contribution in [-0.4, -0.2) is 30.3 Å². The molecule has 1 fully saturated rings. The minimum atomic E-state index is 0.362. The van der Waals surface area contributed by atoms with Gasteiger partial charge in [-0.2, -0.15) is 12.6 Å². The molecule has 1 rings (SSSR count). The van der Waals surface area contributed by atoms with Gasteiger partial charge in [0.2, 0.25) is 0 Å². The van der Waals surface area contributed by atoms with Gasteiger partial charge in [-0.05, 0) is 55.4 Å². The second-order valence-electron chi connectivity index (χ2n) is 6.53. The van der Waals surface area contributed by atoms with Crippen LogP contribution in [0.3, 0.4) is 0 Å². The van der Waals surface area contributed by atoms with Crippen LogP contribution in [-0.2, 0) is 0 Å². The lowest BCUT2D eigenvalue weighted by Gasteiger charge is -2.30. The van der Waals surface area contributed by atoms with Gasteiger partial charge < -0.3 is 4.90 Å². The summed E-state index contributed by atoms with van der Waals surface area (Å²) in [6.07, 6.45) is 4.20. The molecule has 0 N–H and O–H groups in total.